The summed E-state index contributed by atoms with van der Waals surface area (Å²) in [5, 5.41) is 9.43. The highest BCUT2D eigenvalue weighted by Gasteiger charge is 2.33. The Bertz CT molecular complexity index is 186. The molecule has 1 aliphatic rings. The minimum Gasteiger partial charge on any atom is -0.388 e. The van der Waals surface area contributed by atoms with Gasteiger partial charge < -0.3 is 20.5 Å². The average molecular weight is 188 g/mol. The molecule has 1 heterocycles. The number of carbonyl (C=O) groups is 1. The predicted molar refractivity (Wildman–Crippen MR) is 47.1 cm³/mol. The highest BCUT2D eigenvalue weighted by atomic mass is 16.5. The number of methoxy groups -OCH3 is 1. The van der Waals surface area contributed by atoms with Crippen LogP contribution in [-0.2, 0) is 9.53 Å². The number of rotatable bonds is 3. The van der Waals surface area contributed by atoms with E-state index in [4.69, 9.17) is 10.5 Å². The zero-order chi connectivity index (χ0) is 9.84. The van der Waals surface area contributed by atoms with Crippen molar-refractivity contribution in [3.05, 3.63) is 0 Å². The van der Waals surface area contributed by atoms with Crippen LogP contribution < -0.4 is 5.73 Å². The quantitative estimate of drug-likeness (QED) is 0.568. The molecule has 0 spiro atoms. The van der Waals surface area contributed by atoms with E-state index in [0.717, 1.165) is 0 Å². The molecule has 1 aliphatic heterocycles. The van der Waals surface area contributed by atoms with Crippen LogP contribution in [0, 0.1) is 0 Å². The largest absolute Gasteiger partial charge is 0.388 e. The summed E-state index contributed by atoms with van der Waals surface area (Å²) in [4.78, 5) is 12.9. The Labute approximate surface area is 77.5 Å². The molecule has 2 atom stereocenters. The number of aliphatic hydroxyl groups excluding tert-OH is 1. The summed E-state index contributed by atoms with van der Waals surface area (Å²) in [6, 6.07) is 0. The summed E-state index contributed by atoms with van der Waals surface area (Å²) in [5.41, 5.74) is 5.26. The van der Waals surface area contributed by atoms with Crippen molar-refractivity contribution < 1.29 is 14.6 Å². The highest BCUT2D eigenvalue weighted by Crippen LogP contribution is 2.13. The smallest absolute Gasteiger partial charge is 0.224 e. The summed E-state index contributed by atoms with van der Waals surface area (Å²) in [6.07, 6.45) is -0.475. The number of nitrogens with two attached hydrogens (primary N) is 1. The van der Waals surface area contributed by atoms with E-state index in [0.29, 0.717) is 26.1 Å². The van der Waals surface area contributed by atoms with E-state index < -0.39 is 6.10 Å². The Morgan fingerprint density at radius 3 is 2.85 bits per heavy atom. The molecule has 1 saturated heterocycles. The number of likely N-dealkylation sites (tertiary alicyclic amines) is 1. The van der Waals surface area contributed by atoms with E-state index in [1.54, 1.807) is 4.90 Å². The van der Waals surface area contributed by atoms with Gasteiger partial charge in [0.05, 0.1) is 6.10 Å². The molecule has 5 nitrogen and oxygen atoms in total. The zero-order valence-corrected chi connectivity index (χ0v) is 7.77. The predicted octanol–water partition coefficient (Wildman–Crippen LogP) is -1.45. The summed E-state index contributed by atoms with van der Waals surface area (Å²) in [7, 11) is 1.53. The summed E-state index contributed by atoms with van der Waals surface area (Å²) in [6.45, 7) is 1.18. The third-order valence-electron chi connectivity index (χ3n) is 2.25. The lowest BCUT2D eigenvalue weighted by atomic mass is 10.3. The lowest BCUT2D eigenvalue weighted by Gasteiger charge is -2.14. The molecular weight excluding hydrogens is 172 g/mol. The van der Waals surface area contributed by atoms with Crippen LogP contribution in [0.4, 0.5) is 0 Å². The van der Waals surface area contributed by atoms with E-state index in [-0.39, 0.29) is 12.0 Å². The monoisotopic (exact) mass is 188 g/mol. The van der Waals surface area contributed by atoms with Crippen molar-refractivity contribution >= 4 is 5.91 Å². The fourth-order valence-electron chi connectivity index (χ4n) is 1.47. The van der Waals surface area contributed by atoms with E-state index in [2.05, 4.69) is 0 Å². The first-order valence-electron chi connectivity index (χ1n) is 4.37. The molecule has 0 aromatic carbocycles. The van der Waals surface area contributed by atoms with Gasteiger partial charge in [0, 0.05) is 33.2 Å². The standard InChI is InChI=1S/C8H16N2O3/c1-13-7-5-10(4-6(7)11)8(12)2-3-9/h6-7,11H,2-5,9H2,1H3. The maximum absolute atomic E-state index is 11.3. The molecule has 0 bridgehead atoms. The minimum atomic E-state index is -0.563. The van der Waals surface area contributed by atoms with Gasteiger partial charge in [-0.1, -0.05) is 0 Å². The van der Waals surface area contributed by atoms with Crippen LogP contribution in [0.1, 0.15) is 6.42 Å². The number of aliphatic hydroxyl groups is 1. The molecule has 0 aliphatic carbocycles. The molecule has 0 radical (unpaired) electrons. The van der Waals surface area contributed by atoms with Crippen LogP contribution in [0.25, 0.3) is 0 Å². The summed E-state index contributed by atoms with van der Waals surface area (Å²) < 4.78 is 5.01. The van der Waals surface area contributed by atoms with Gasteiger partial charge in [0.1, 0.15) is 6.10 Å². The van der Waals surface area contributed by atoms with Gasteiger partial charge >= 0.3 is 0 Å². The molecule has 0 aromatic heterocycles. The molecular formula is C8H16N2O3. The Morgan fingerprint density at radius 2 is 2.38 bits per heavy atom. The molecule has 3 N–H and O–H groups in total. The van der Waals surface area contributed by atoms with Gasteiger partial charge in [0.15, 0.2) is 0 Å². The average Bonchev–Trinajstić information content (AvgIpc) is 2.47. The van der Waals surface area contributed by atoms with Crippen molar-refractivity contribution in [2.24, 2.45) is 5.73 Å². The maximum Gasteiger partial charge on any atom is 0.224 e. The first-order chi connectivity index (χ1) is 6.19. The third-order valence-corrected chi connectivity index (χ3v) is 2.25. The second kappa shape index (κ2) is 4.55. The van der Waals surface area contributed by atoms with Crippen LogP contribution in [0.5, 0.6) is 0 Å². The number of hydrogen-bond donors (Lipinski definition) is 2. The Kier molecular flexibility index (Phi) is 3.65. The third kappa shape index (κ3) is 2.40. The first kappa shape index (κ1) is 10.4. The fraction of sp³-hybridized carbons (Fsp3) is 0.875. The van der Waals surface area contributed by atoms with Gasteiger partial charge in [-0.25, -0.2) is 0 Å². The van der Waals surface area contributed by atoms with Gasteiger partial charge in [-0.15, -0.1) is 0 Å². The molecule has 1 amide bonds. The molecule has 0 aromatic rings. The number of amides is 1. The van der Waals surface area contributed by atoms with E-state index in [1.807, 2.05) is 0 Å². The van der Waals surface area contributed by atoms with Crippen LogP contribution in [-0.4, -0.2) is 54.9 Å². The van der Waals surface area contributed by atoms with Gasteiger partial charge in [-0.05, 0) is 0 Å². The van der Waals surface area contributed by atoms with Crippen molar-refractivity contribution in [2.75, 3.05) is 26.7 Å². The van der Waals surface area contributed by atoms with E-state index in [1.165, 1.54) is 7.11 Å². The molecule has 5 heteroatoms. The van der Waals surface area contributed by atoms with Gasteiger partial charge in [0.2, 0.25) is 5.91 Å². The Balaban J connectivity index is 2.43. The molecule has 1 fully saturated rings. The number of β-amino-alcohol motifs (C(OH)–C–C–N with tert-alkyl or cyclic N) is 1. The van der Waals surface area contributed by atoms with E-state index >= 15 is 0 Å². The zero-order valence-electron chi connectivity index (χ0n) is 7.77. The highest BCUT2D eigenvalue weighted by molar-refractivity contribution is 5.76. The normalized spacial score (nSPS) is 28.1. The molecule has 1 rings (SSSR count). The minimum absolute atomic E-state index is 0.0129. The lowest BCUT2D eigenvalue weighted by molar-refractivity contribution is -0.130. The van der Waals surface area contributed by atoms with Gasteiger partial charge in [-0.3, -0.25) is 4.79 Å². The first-order valence-corrected chi connectivity index (χ1v) is 4.37. The number of carbonyl (C=O) groups excluding carboxylic acids is 1. The molecule has 2 unspecified atom stereocenters. The second-order valence-electron chi connectivity index (χ2n) is 3.18. The Hall–Kier alpha value is -0.650. The van der Waals surface area contributed by atoms with Crippen molar-refractivity contribution in [3.8, 4) is 0 Å². The van der Waals surface area contributed by atoms with Crippen molar-refractivity contribution in [1.29, 1.82) is 0 Å². The Morgan fingerprint density at radius 1 is 1.69 bits per heavy atom. The second-order valence-corrected chi connectivity index (χ2v) is 3.18. The molecule has 13 heavy (non-hydrogen) atoms. The van der Waals surface area contributed by atoms with Crippen molar-refractivity contribution in [2.45, 2.75) is 18.6 Å². The molecule has 0 saturated carbocycles. The fourth-order valence-corrected chi connectivity index (χ4v) is 1.47. The van der Waals surface area contributed by atoms with Gasteiger partial charge in [0.25, 0.3) is 0 Å². The maximum atomic E-state index is 11.3. The van der Waals surface area contributed by atoms with E-state index in [9.17, 15) is 9.90 Å². The lowest BCUT2D eigenvalue weighted by Crippen LogP contribution is -2.31. The number of hydrogen-bond acceptors (Lipinski definition) is 4. The van der Waals surface area contributed by atoms with Crippen LogP contribution in [0.3, 0.4) is 0 Å². The van der Waals surface area contributed by atoms with Gasteiger partial charge in [-0.2, -0.15) is 0 Å². The van der Waals surface area contributed by atoms with Crippen LogP contribution >= 0.6 is 0 Å². The van der Waals surface area contributed by atoms with Crippen molar-refractivity contribution in [3.63, 3.8) is 0 Å². The van der Waals surface area contributed by atoms with Crippen LogP contribution in [0.15, 0.2) is 0 Å². The number of ether oxygens (including phenoxy) is 1. The summed E-state index contributed by atoms with van der Waals surface area (Å²) in [5.74, 6) is -0.0129. The number of nitrogens with zero attached hydrogens (tertiary/aromatic N) is 1. The molecule has 76 valence electrons. The van der Waals surface area contributed by atoms with Crippen LogP contribution in [0.2, 0.25) is 0 Å². The topological polar surface area (TPSA) is 75.8 Å². The van der Waals surface area contributed by atoms with Crippen molar-refractivity contribution in [1.82, 2.24) is 4.90 Å². The SMILES string of the molecule is COC1CN(C(=O)CCN)CC1O. The summed E-state index contributed by atoms with van der Waals surface area (Å²) >= 11 is 0.